The molecule has 0 unspecified atom stereocenters. The van der Waals surface area contributed by atoms with Gasteiger partial charge in [-0.3, -0.25) is 0 Å². The zero-order valence-corrected chi connectivity index (χ0v) is 14.4. The summed E-state index contributed by atoms with van der Waals surface area (Å²) in [6.45, 7) is 12.8. The maximum atomic E-state index is 9.81. The van der Waals surface area contributed by atoms with Crippen LogP contribution in [0.4, 0.5) is 0 Å². The topological polar surface area (TPSA) is 43.7 Å². The molecule has 0 amide bonds. The van der Waals surface area contributed by atoms with E-state index < -0.39 is 0 Å². The van der Waals surface area contributed by atoms with E-state index in [4.69, 9.17) is 0 Å². The summed E-state index contributed by atoms with van der Waals surface area (Å²) in [4.78, 5) is 0. The Balaban J connectivity index is 3.53. The number of hydroxylamine groups is 2. The maximum Gasteiger partial charge on any atom is 0.0482 e. The molecule has 3 nitrogen and oxygen atoms in total. The van der Waals surface area contributed by atoms with Crippen LogP contribution in [0.2, 0.25) is 0 Å². The Kier molecular flexibility index (Phi) is 9.69. The van der Waals surface area contributed by atoms with Gasteiger partial charge in [0.2, 0.25) is 0 Å². The third-order valence-corrected chi connectivity index (χ3v) is 4.42. The van der Waals surface area contributed by atoms with E-state index in [-0.39, 0.29) is 12.0 Å². The molecule has 0 saturated heterocycles. The van der Waals surface area contributed by atoms with Gasteiger partial charge in [0, 0.05) is 19.7 Å². The van der Waals surface area contributed by atoms with E-state index >= 15 is 0 Å². The summed E-state index contributed by atoms with van der Waals surface area (Å²) in [5.74, 6) is 0. The van der Waals surface area contributed by atoms with Crippen LogP contribution in [0.5, 0.6) is 0 Å². The molecule has 0 bridgehead atoms. The molecule has 0 aromatic rings. The summed E-state index contributed by atoms with van der Waals surface area (Å²) in [5.41, 5.74) is 0.460. The van der Waals surface area contributed by atoms with Crippen LogP contribution >= 0.6 is 0 Å². The van der Waals surface area contributed by atoms with E-state index in [2.05, 4.69) is 34.6 Å². The van der Waals surface area contributed by atoms with E-state index in [9.17, 15) is 10.3 Å². The molecule has 122 valence electrons. The second-order valence-electron chi connectivity index (χ2n) is 7.71. The molecule has 0 heterocycles. The van der Waals surface area contributed by atoms with Crippen LogP contribution in [-0.4, -0.2) is 35.1 Å². The summed E-state index contributed by atoms with van der Waals surface area (Å²) < 4.78 is 0. The third kappa shape index (κ3) is 10.6. The average Bonchev–Trinajstić information content (AvgIpc) is 2.40. The molecule has 0 aromatic heterocycles. The van der Waals surface area contributed by atoms with Crippen molar-refractivity contribution in [2.24, 2.45) is 10.8 Å². The number of nitrogens with zero attached hydrogens (tertiary/aromatic N) is 1. The van der Waals surface area contributed by atoms with Gasteiger partial charge in [-0.15, -0.1) is 0 Å². The molecule has 0 aliphatic rings. The Morgan fingerprint density at radius 1 is 0.800 bits per heavy atom. The van der Waals surface area contributed by atoms with E-state index in [1.54, 1.807) is 0 Å². The minimum absolute atomic E-state index is 0.0199. The summed E-state index contributed by atoms with van der Waals surface area (Å²) >= 11 is 0. The van der Waals surface area contributed by atoms with Gasteiger partial charge >= 0.3 is 0 Å². The third-order valence-electron chi connectivity index (χ3n) is 4.42. The molecule has 0 aliphatic carbocycles. The predicted octanol–water partition coefficient (Wildman–Crippen LogP) is 4.47. The molecule has 20 heavy (non-hydrogen) atoms. The smallest absolute Gasteiger partial charge is 0.0482 e. The van der Waals surface area contributed by atoms with Crippen molar-refractivity contribution in [3.63, 3.8) is 0 Å². The SMILES string of the molecule is CCC(C)(C)CCCCN(O)CCCCC(C)(C)CO. The monoisotopic (exact) mass is 287 g/mol. The van der Waals surface area contributed by atoms with Crippen LogP contribution in [0.25, 0.3) is 0 Å². The molecular formula is C17H37NO2. The quantitative estimate of drug-likeness (QED) is 0.411. The van der Waals surface area contributed by atoms with E-state index in [1.165, 1.54) is 24.3 Å². The lowest BCUT2D eigenvalue weighted by Crippen LogP contribution is -2.23. The van der Waals surface area contributed by atoms with Crippen molar-refractivity contribution in [2.45, 2.75) is 79.6 Å². The molecule has 3 heteroatoms. The molecule has 0 aromatic carbocycles. The highest BCUT2D eigenvalue weighted by Gasteiger charge is 2.16. The first-order chi connectivity index (χ1) is 9.22. The molecule has 0 spiro atoms. The van der Waals surface area contributed by atoms with Gasteiger partial charge in [-0.2, -0.15) is 5.06 Å². The molecule has 0 fully saturated rings. The molecule has 0 radical (unpaired) electrons. The summed E-state index contributed by atoms with van der Waals surface area (Å²) in [7, 11) is 0. The largest absolute Gasteiger partial charge is 0.396 e. The van der Waals surface area contributed by atoms with Gasteiger partial charge < -0.3 is 10.3 Å². The average molecular weight is 287 g/mol. The minimum Gasteiger partial charge on any atom is -0.396 e. The number of hydrogen-bond acceptors (Lipinski definition) is 3. The molecule has 0 atom stereocenters. The Bertz CT molecular complexity index is 215. The van der Waals surface area contributed by atoms with Gasteiger partial charge in [0.05, 0.1) is 0 Å². The van der Waals surface area contributed by atoms with Crippen LogP contribution in [-0.2, 0) is 0 Å². The fraction of sp³-hybridized carbons (Fsp3) is 1.00. The van der Waals surface area contributed by atoms with Crippen molar-refractivity contribution in [1.29, 1.82) is 0 Å². The molecule has 0 aliphatic heterocycles. The highest BCUT2D eigenvalue weighted by Crippen LogP contribution is 2.26. The molecule has 0 saturated carbocycles. The van der Waals surface area contributed by atoms with Crippen LogP contribution in [0.1, 0.15) is 79.6 Å². The van der Waals surface area contributed by atoms with Crippen LogP contribution < -0.4 is 0 Å². The van der Waals surface area contributed by atoms with Crippen molar-refractivity contribution < 1.29 is 10.3 Å². The second kappa shape index (κ2) is 9.75. The molecule has 2 N–H and O–H groups in total. The van der Waals surface area contributed by atoms with Gasteiger partial charge in [0.15, 0.2) is 0 Å². The Morgan fingerprint density at radius 3 is 1.65 bits per heavy atom. The van der Waals surface area contributed by atoms with Gasteiger partial charge in [-0.25, -0.2) is 0 Å². The lowest BCUT2D eigenvalue weighted by molar-refractivity contribution is -0.0931. The standard InChI is InChI=1S/C17H37NO2/c1-6-16(2,3)11-7-9-13-18(20)14-10-8-12-17(4,5)15-19/h19-20H,6-15H2,1-5H3. The summed E-state index contributed by atoms with van der Waals surface area (Å²) in [6, 6.07) is 0. The van der Waals surface area contributed by atoms with Gasteiger partial charge in [0.25, 0.3) is 0 Å². The number of hydrogen-bond donors (Lipinski definition) is 2. The first-order valence-corrected chi connectivity index (χ1v) is 8.27. The highest BCUT2D eigenvalue weighted by atomic mass is 16.5. The lowest BCUT2D eigenvalue weighted by Gasteiger charge is -2.23. The Hall–Kier alpha value is -0.120. The zero-order valence-electron chi connectivity index (χ0n) is 14.4. The first kappa shape index (κ1) is 19.9. The zero-order chi connectivity index (χ0) is 15.6. The van der Waals surface area contributed by atoms with Crippen LogP contribution in [0.15, 0.2) is 0 Å². The first-order valence-electron chi connectivity index (χ1n) is 8.27. The Morgan fingerprint density at radius 2 is 1.25 bits per heavy atom. The number of aliphatic hydroxyl groups is 1. The summed E-state index contributed by atoms with van der Waals surface area (Å²) in [5, 5.41) is 20.4. The van der Waals surface area contributed by atoms with Crippen molar-refractivity contribution in [1.82, 2.24) is 5.06 Å². The minimum atomic E-state index is 0.0199. The highest BCUT2D eigenvalue weighted by molar-refractivity contribution is 4.67. The summed E-state index contributed by atoms with van der Waals surface area (Å²) in [6.07, 6.45) is 7.80. The van der Waals surface area contributed by atoms with Crippen LogP contribution in [0, 0.1) is 10.8 Å². The van der Waals surface area contributed by atoms with E-state index in [0.717, 1.165) is 38.8 Å². The van der Waals surface area contributed by atoms with Crippen molar-refractivity contribution in [2.75, 3.05) is 19.7 Å². The van der Waals surface area contributed by atoms with Gasteiger partial charge in [-0.1, -0.05) is 53.9 Å². The van der Waals surface area contributed by atoms with Crippen molar-refractivity contribution >= 4 is 0 Å². The van der Waals surface area contributed by atoms with E-state index in [1.807, 2.05) is 0 Å². The molecular weight excluding hydrogens is 250 g/mol. The van der Waals surface area contributed by atoms with Crippen LogP contribution in [0.3, 0.4) is 0 Å². The fourth-order valence-corrected chi connectivity index (χ4v) is 2.16. The van der Waals surface area contributed by atoms with Gasteiger partial charge in [0.1, 0.15) is 0 Å². The second-order valence-corrected chi connectivity index (χ2v) is 7.71. The number of unbranched alkanes of at least 4 members (excludes halogenated alkanes) is 2. The lowest BCUT2D eigenvalue weighted by atomic mass is 9.85. The fourth-order valence-electron chi connectivity index (χ4n) is 2.16. The predicted molar refractivity (Wildman–Crippen MR) is 86.0 cm³/mol. The van der Waals surface area contributed by atoms with Gasteiger partial charge in [-0.05, 0) is 36.5 Å². The Labute approximate surface area is 126 Å². The van der Waals surface area contributed by atoms with Crippen molar-refractivity contribution in [3.05, 3.63) is 0 Å². The van der Waals surface area contributed by atoms with E-state index in [0.29, 0.717) is 5.41 Å². The maximum absolute atomic E-state index is 9.81. The normalized spacial score (nSPS) is 13.2. The number of aliphatic hydroxyl groups excluding tert-OH is 1. The number of rotatable bonds is 12. The molecule has 0 rings (SSSR count). The van der Waals surface area contributed by atoms with Crippen molar-refractivity contribution in [3.8, 4) is 0 Å².